The fraction of sp³-hybridized carbons (Fsp3) is 0.286. The fourth-order valence-electron chi connectivity index (χ4n) is 2.01. The maximum atomic E-state index is 5.93. The van der Waals surface area contributed by atoms with Crippen molar-refractivity contribution < 1.29 is 14.2 Å². The van der Waals surface area contributed by atoms with Crippen LogP contribution in [0.15, 0.2) is 28.1 Å². The summed E-state index contributed by atoms with van der Waals surface area (Å²) < 4.78 is 17.8. The van der Waals surface area contributed by atoms with Crippen molar-refractivity contribution >= 4 is 27.3 Å². The normalized spacial score (nSPS) is 12.7. The third kappa shape index (κ3) is 2.92. The van der Waals surface area contributed by atoms with Gasteiger partial charge in [-0.15, -0.1) is 11.3 Å². The van der Waals surface area contributed by atoms with Crippen molar-refractivity contribution in [1.82, 2.24) is 5.32 Å². The molecule has 2 heterocycles. The Balaban J connectivity index is 1.80. The highest BCUT2D eigenvalue weighted by atomic mass is 79.9. The van der Waals surface area contributed by atoms with Gasteiger partial charge in [-0.1, -0.05) is 0 Å². The number of halogens is 1. The molecule has 1 N–H and O–H groups in total. The van der Waals surface area contributed by atoms with Gasteiger partial charge in [0.2, 0.25) is 6.79 Å². The molecule has 0 saturated carbocycles. The summed E-state index contributed by atoms with van der Waals surface area (Å²) in [5.41, 5.74) is 1.06. The van der Waals surface area contributed by atoms with E-state index in [0.717, 1.165) is 33.1 Å². The molecule has 1 aromatic carbocycles. The summed E-state index contributed by atoms with van der Waals surface area (Å²) in [6, 6.07) is 7.95. The van der Waals surface area contributed by atoms with Crippen LogP contribution < -0.4 is 19.5 Å². The van der Waals surface area contributed by atoms with Gasteiger partial charge < -0.3 is 19.5 Å². The summed E-state index contributed by atoms with van der Waals surface area (Å²) in [5, 5.41) is 3.14. The molecule has 0 saturated heterocycles. The molecular weight excluding hydrogens is 342 g/mol. The summed E-state index contributed by atoms with van der Waals surface area (Å²) in [6.07, 6.45) is 0. The lowest BCUT2D eigenvalue weighted by Crippen LogP contribution is -2.07. The third-order valence-electron chi connectivity index (χ3n) is 2.92. The van der Waals surface area contributed by atoms with Crippen molar-refractivity contribution in [3.8, 4) is 17.2 Å². The van der Waals surface area contributed by atoms with E-state index in [2.05, 4.69) is 27.3 Å². The zero-order chi connectivity index (χ0) is 13.9. The number of nitrogens with one attached hydrogen (secondary N) is 1. The van der Waals surface area contributed by atoms with Crippen LogP contribution in [0.25, 0.3) is 0 Å². The van der Waals surface area contributed by atoms with Gasteiger partial charge in [0, 0.05) is 23.1 Å². The van der Waals surface area contributed by atoms with Crippen LogP contribution in [0.1, 0.15) is 10.4 Å². The van der Waals surface area contributed by atoms with Crippen molar-refractivity contribution in [2.75, 3.05) is 13.8 Å². The van der Waals surface area contributed by atoms with Crippen molar-refractivity contribution in [1.29, 1.82) is 0 Å². The molecular formula is C14H14BrNO3S. The number of thiophene rings is 1. The van der Waals surface area contributed by atoms with E-state index in [1.165, 1.54) is 4.88 Å². The Labute approximate surface area is 129 Å². The van der Waals surface area contributed by atoms with E-state index >= 15 is 0 Å². The van der Waals surface area contributed by atoms with Gasteiger partial charge in [-0.25, -0.2) is 0 Å². The first-order chi connectivity index (χ1) is 9.76. The molecule has 1 aliphatic heterocycles. The monoisotopic (exact) mass is 355 g/mol. The Morgan fingerprint density at radius 1 is 1.30 bits per heavy atom. The maximum absolute atomic E-state index is 5.93. The lowest BCUT2D eigenvalue weighted by Gasteiger charge is -2.12. The lowest BCUT2D eigenvalue weighted by atomic mass is 10.1. The average Bonchev–Trinajstić information content (AvgIpc) is 3.04. The summed E-state index contributed by atoms with van der Waals surface area (Å²) >= 11 is 5.13. The Kier molecular flexibility index (Phi) is 4.14. The molecule has 0 spiro atoms. The van der Waals surface area contributed by atoms with Crippen molar-refractivity contribution in [2.24, 2.45) is 0 Å². The zero-order valence-electron chi connectivity index (χ0n) is 10.9. The predicted molar refractivity (Wildman–Crippen MR) is 81.7 cm³/mol. The molecule has 20 heavy (non-hydrogen) atoms. The van der Waals surface area contributed by atoms with Gasteiger partial charge in [0.25, 0.3) is 0 Å². The molecule has 0 fully saturated rings. The van der Waals surface area contributed by atoms with Gasteiger partial charge in [-0.05, 0) is 41.2 Å². The number of ether oxygens (including phenoxy) is 3. The SMILES string of the molecule is CNCc1cc2c(cc1OCc1ccc(Br)s1)OCO2. The van der Waals surface area contributed by atoms with Gasteiger partial charge in [-0.2, -0.15) is 0 Å². The Morgan fingerprint density at radius 2 is 2.10 bits per heavy atom. The number of hydrogen-bond acceptors (Lipinski definition) is 5. The number of hydrogen-bond donors (Lipinski definition) is 1. The van der Waals surface area contributed by atoms with Crippen LogP contribution in [-0.4, -0.2) is 13.8 Å². The average molecular weight is 356 g/mol. The lowest BCUT2D eigenvalue weighted by molar-refractivity contribution is 0.173. The summed E-state index contributed by atoms with van der Waals surface area (Å²) in [6.45, 7) is 1.54. The Bertz CT molecular complexity index is 614. The maximum Gasteiger partial charge on any atom is 0.231 e. The van der Waals surface area contributed by atoms with Crippen LogP contribution >= 0.6 is 27.3 Å². The number of rotatable bonds is 5. The molecule has 1 aliphatic rings. The highest BCUT2D eigenvalue weighted by Crippen LogP contribution is 2.38. The summed E-state index contributed by atoms with van der Waals surface area (Å²) in [5.74, 6) is 2.35. The van der Waals surface area contributed by atoms with Crippen LogP contribution in [0.3, 0.4) is 0 Å². The van der Waals surface area contributed by atoms with Crippen molar-refractivity contribution in [2.45, 2.75) is 13.2 Å². The second kappa shape index (κ2) is 6.03. The largest absolute Gasteiger partial charge is 0.488 e. The summed E-state index contributed by atoms with van der Waals surface area (Å²) in [4.78, 5) is 1.17. The molecule has 6 heteroatoms. The predicted octanol–water partition coefficient (Wildman–Crippen LogP) is 3.54. The minimum Gasteiger partial charge on any atom is -0.488 e. The number of benzene rings is 1. The first-order valence-corrected chi connectivity index (χ1v) is 7.81. The van der Waals surface area contributed by atoms with E-state index in [1.54, 1.807) is 11.3 Å². The van der Waals surface area contributed by atoms with E-state index < -0.39 is 0 Å². The minimum absolute atomic E-state index is 0.273. The van der Waals surface area contributed by atoms with Crippen molar-refractivity contribution in [3.63, 3.8) is 0 Å². The number of fused-ring (bicyclic) bond motifs is 1. The molecule has 0 unspecified atom stereocenters. The zero-order valence-corrected chi connectivity index (χ0v) is 13.3. The molecule has 0 amide bonds. The quantitative estimate of drug-likeness (QED) is 0.890. The molecule has 0 bridgehead atoms. The fourth-order valence-corrected chi connectivity index (χ4v) is 3.40. The van der Waals surface area contributed by atoms with Gasteiger partial charge in [0.1, 0.15) is 12.4 Å². The van der Waals surface area contributed by atoms with E-state index in [-0.39, 0.29) is 6.79 Å². The smallest absolute Gasteiger partial charge is 0.231 e. The topological polar surface area (TPSA) is 39.7 Å². The molecule has 0 aliphatic carbocycles. The third-order valence-corrected chi connectivity index (χ3v) is 4.52. The first-order valence-electron chi connectivity index (χ1n) is 6.20. The van der Waals surface area contributed by atoms with Gasteiger partial charge in [-0.3, -0.25) is 0 Å². The van der Waals surface area contributed by atoms with Gasteiger partial charge in [0.05, 0.1) is 3.79 Å². The van der Waals surface area contributed by atoms with Crippen LogP contribution in [0.5, 0.6) is 17.2 Å². The van der Waals surface area contributed by atoms with Crippen molar-refractivity contribution in [3.05, 3.63) is 38.5 Å². The van der Waals surface area contributed by atoms with E-state index in [4.69, 9.17) is 14.2 Å². The van der Waals surface area contributed by atoms with E-state index in [0.29, 0.717) is 6.61 Å². The molecule has 106 valence electrons. The second-order valence-electron chi connectivity index (χ2n) is 4.34. The second-order valence-corrected chi connectivity index (χ2v) is 6.89. The minimum atomic E-state index is 0.273. The highest BCUT2D eigenvalue weighted by molar-refractivity contribution is 9.11. The highest BCUT2D eigenvalue weighted by Gasteiger charge is 2.18. The molecule has 0 radical (unpaired) electrons. The molecule has 3 rings (SSSR count). The van der Waals surface area contributed by atoms with E-state index in [9.17, 15) is 0 Å². The van der Waals surface area contributed by atoms with Crippen LogP contribution in [0.2, 0.25) is 0 Å². The molecule has 4 nitrogen and oxygen atoms in total. The van der Waals surface area contributed by atoms with Crippen LogP contribution in [0.4, 0.5) is 0 Å². The van der Waals surface area contributed by atoms with Crippen LogP contribution in [0, 0.1) is 0 Å². The summed E-state index contributed by atoms with van der Waals surface area (Å²) in [7, 11) is 1.91. The Hall–Kier alpha value is -1.24. The van der Waals surface area contributed by atoms with Gasteiger partial charge in [0.15, 0.2) is 11.5 Å². The molecule has 0 atom stereocenters. The molecule has 1 aromatic heterocycles. The Morgan fingerprint density at radius 3 is 2.80 bits per heavy atom. The standard InChI is InChI=1S/C14H14BrNO3S/c1-16-6-9-4-12-13(19-8-18-12)5-11(9)17-7-10-2-3-14(15)20-10/h2-5,16H,6-8H2,1H3. The van der Waals surface area contributed by atoms with Crippen LogP contribution in [-0.2, 0) is 13.2 Å². The van der Waals surface area contributed by atoms with E-state index in [1.807, 2.05) is 25.2 Å². The molecule has 2 aromatic rings. The first kappa shape index (κ1) is 13.7. The van der Waals surface area contributed by atoms with Gasteiger partial charge >= 0.3 is 0 Å².